The van der Waals surface area contributed by atoms with Crippen LogP contribution in [0.15, 0.2) is 16.8 Å². The maximum atomic E-state index is 12.6. The topological polar surface area (TPSA) is 308 Å². The molecule has 21 heteroatoms. The first-order chi connectivity index (χ1) is 23.4. The van der Waals surface area contributed by atoms with E-state index >= 15 is 0 Å². The van der Waals surface area contributed by atoms with Gasteiger partial charge in [0.25, 0.3) is 0 Å². The van der Waals surface area contributed by atoms with Crippen LogP contribution in [-0.2, 0) is 33.3 Å². The van der Waals surface area contributed by atoms with Crippen LogP contribution in [-0.4, -0.2) is 151 Å². The van der Waals surface area contributed by atoms with Gasteiger partial charge in [-0.15, -0.1) is 0 Å². The number of rotatable bonds is 20. The zero-order chi connectivity index (χ0) is 35.9. The summed E-state index contributed by atoms with van der Waals surface area (Å²) in [6.45, 7) is 1.31. The van der Waals surface area contributed by atoms with E-state index in [9.17, 15) is 39.3 Å². The number of aliphatic hydroxyl groups excluding tert-OH is 2. The highest BCUT2D eigenvalue weighted by atomic mass is 32.2. The number of aliphatic carboxylic acids is 1. The maximum Gasteiger partial charge on any atom is 0.407 e. The Morgan fingerprint density at radius 1 is 1.12 bits per heavy atom. The second-order valence-electron chi connectivity index (χ2n) is 11.3. The van der Waals surface area contributed by atoms with Gasteiger partial charge in [-0.05, 0) is 18.9 Å². The van der Waals surface area contributed by atoms with Crippen LogP contribution in [0.3, 0.4) is 0 Å². The van der Waals surface area contributed by atoms with Gasteiger partial charge in [0.05, 0.1) is 57.2 Å². The zero-order valence-corrected chi connectivity index (χ0v) is 27.8. The molecule has 12 N–H and O–H groups in total. The third kappa shape index (κ3) is 12.7. The fourth-order valence-corrected chi connectivity index (χ4v) is 6.98. The molecule has 3 aliphatic rings. The smallest absolute Gasteiger partial charge is 0.407 e. The number of nitrogens with one attached hydrogen (secondary N) is 5. The maximum absolute atomic E-state index is 12.6. The van der Waals surface area contributed by atoms with Gasteiger partial charge < -0.3 is 72.3 Å². The Hall–Kier alpha value is -4.05. The molecule has 1 unspecified atom stereocenters. The first-order valence-electron chi connectivity index (χ1n) is 15.7. The fraction of sp³-hybridized carbons (Fsp3) is 0.714. The Morgan fingerprint density at radius 3 is 2.45 bits per heavy atom. The molecule has 49 heavy (non-hydrogen) atoms. The number of nitrogens with two attached hydrogens (primary N) is 2. The van der Waals surface area contributed by atoms with Crippen molar-refractivity contribution in [1.82, 2.24) is 26.6 Å². The van der Waals surface area contributed by atoms with Crippen LogP contribution < -0.4 is 38.1 Å². The number of nitrogens with zero attached hydrogens (tertiary/aromatic N) is 1. The molecular weight excluding hydrogens is 672 g/mol. The SMILES string of the molecule is CC(=O)N[C@H]1C([C@H](OC(=O)NCCOCCOCCNC(=O)CCC[C@@H]2SC[C@@H]3NC(=O)N[C@@H]32)[C@H](O)CO)OC(C(=O)O)=C[C@@H]1N=C(N)N. The number of aliphatic hydroxyl groups is 2. The molecule has 2 saturated heterocycles. The minimum absolute atomic E-state index is 0.0297. The third-order valence-electron chi connectivity index (χ3n) is 7.61. The number of urea groups is 1. The standard InChI is InChI=1S/C28H46N8O12S/c1-14(38)33-22-15(34-26(29)30)11-18(25(41)42)47-24(22)23(17(39)12-37)48-28(44)32-6-8-46-10-9-45-7-5-31-20(40)4-2-3-19-21-16(13-49-19)35-27(43)36-21/h11,15-17,19,21-24,37,39H,2-10,12-13H2,1H3,(H,31,40)(H,32,44)(H,33,38)(H,41,42)(H4,29,30,34)(H2,35,36,43)/t15-,16-,17+,19-,21-,22+,23+,24?/m0/s1. The van der Waals surface area contributed by atoms with Gasteiger partial charge in [0.15, 0.2) is 18.2 Å². The fourth-order valence-electron chi connectivity index (χ4n) is 5.44. The van der Waals surface area contributed by atoms with Crippen LogP contribution >= 0.6 is 11.8 Å². The van der Waals surface area contributed by atoms with Crippen LogP contribution in [0.25, 0.3) is 0 Å². The zero-order valence-electron chi connectivity index (χ0n) is 27.0. The van der Waals surface area contributed by atoms with Gasteiger partial charge in [-0.3, -0.25) is 9.59 Å². The summed E-state index contributed by atoms with van der Waals surface area (Å²) in [5, 5.41) is 43.4. The lowest BCUT2D eigenvalue weighted by Crippen LogP contribution is -2.61. The van der Waals surface area contributed by atoms with Crippen molar-refractivity contribution < 1.29 is 58.2 Å². The van der Waals surface area contributed by atoms with Crippen molar-refractivity contribution in [1.29, 1.82) is 0 Å². The highest BCUT2D eigenvalue weighted by Crippen LogP contribution is 2.33. The van der Waals surface area contributed by atoms with E-state index in [-0.39, 0.29) is 57.0 Å². The van der Waals surface area contributed by atoms with E-state index in [1.54, 1.807) is 0 Å². The van der Waals surface area contributed by atoms with Crippen LogP contribution in [0.5, 0.6) is 0 Å². The Balaban J connectivity index is 1.31. The average molecular weight is 719 g/mol. The summed E-state index contributed by atoms with van der Waals surface area (Å²) < 4.78 is 21.6. The molecule has 0 radical (unpaired) electrons. The van der Waals surface area contributed by atoms with Crippen molar-refractivity contribution in [3.05, 3.63) is 11.8 Å². The van der Waals surface area contributed by atoms with E-state index in [0.717, 1.165) is 24.7 Å². The molecule has 0 aliphatic carbocycles. The van der Waals surface area contributed by atoms with Gasteiger partial charge in [0, 0.05) is 37.4 Å². The summed E-state index contributed by atoms with van der Waals surface area (Å²) in [7, 11) is 0. The van der Waals surface area contributed by atoms with Crippen molar-refractivity contribution >= 4 is 47.6 Å². The number of guanidine groups is 1. The van der Waals surface area contributed by atoms with Crippen molar-refractivity contribution in [2.45, 2.75) is 73.9 Å². The molecule has 0 saturated carbocycles. The summed E-state index contributed by atoms with van der Waals surface area (Å²) in [4.78, 5) is 63.7. The number of thioether (sulfide) groups is 1. The Kier molecular flexibility index (Phi) is 15.9. The van der Waals surface area contributed by atoms with E-state index in [0.29, 0.717) is 18.2 Å². The van der Waals surface area contributed by atoms with E-state index < -0.39 is 66.7 Å². The molecule has 8 atom stereocenters. The number of ether oxygens (including phenoxy) is 4. The minimum Gasteiger partial charge on any atom is -0.477 e. The predicted molar refractivity (Wildman–Crippen MR) is 173 cm³/mol. The summed E-state index contributed by atoms with van der Waals surface area (Å²) in [6.07, 6.45) is -3.03. The van der Waals surface area contributed by atoms with Crippen LogP contribution in [0, 0.1) is 0 Å². The van der Waals surface area contributed by atoms with E-state index in [2.05, 4.69) is 31.6 Å². The van der Waals surface area contributed by atoms with Gasteiger partial charge in [-0.25, -0.2) is 19.4 Å². The molecule has 20 nitrogen and oxygen atoms in total. The predicted octanol–water partition coefficient (Wildman–Crippen LogP) is -3.57. The molecule has 0 aromatic rings. The van der Waals surface area contributed by atoms with Gasteiger partial charge in [0.1, 0.15) is 6.10 Å². The van der Waals surface area contributed by atoms with Gasteiger partial charge in [-0.1, -0.05) is 0 Å². The third-order valence-corrected chi connectivity index (χ3v) is 9.11. The molecular formula is C28H46N8O12S. The number of fused-ring (bicyclic) bond motifs is 1. The summed E-state index contributed by atoms with van der Waals surface area (Å²) in [6, 6.07) is -2.24. The summed E-state index contributed by atoms with van der Waals surface area (Å²) in [5.74, 6) is -2.37. The number of amides is 5. The highest BCUT2D eigenvalue weighted by Gasteiger charge is 2.46. The number of aliphatic imine (C=N–C) groups is 1. The largest absolute Gasteiger partial charge is 0.477 e. The number of hydrogen-bond donors (Lipinski definition) is 10. The van der Waals surface area contributed by atoms with Crippen LogP contribution in [0.4, 0.5) is 9.59 Å². The molecule has 2 fully saturated rings. The number of hydrogen-bond acceptors (Lipinski definition) is 13. The molecule has 3 aliphatic heterocycles. The monoisotopic (exact) mass is 718 g/mol. The lowest BCUT2D eigenvalue weighted by atomic mass is 9.92. The quantitative estimate of drug-likeness (QED) is 0.0252. The van der Waals surface area contributed by atoms with Crippen LogP contribution in [0.1, 0.15) is 26.2 Å². The number of carboxylic acids is 1. The van der Waals surface area contributed by atoms with Crippen molar-refractivity contribution in [3.8, 4) is 0 Å². The van der Waals surface area contributed by atoms with Crippen LogP contribution in [0.2, 0.25) is 0 Å². The molecule has 0 aromatic heterocycles. The van der Waals surface area contributed by atoms with Gasteiger partial charge in [0.2, 0.25) is 17.6 Å². The van der Waals surface area contributed by atoms with Gasteiger partial charge in [-0.2, -0.15) is 11.8 Å². The van der Waals surface area contributed by atoms with Gasteiger partial charge >= 0.3 is 18.1 Å². The number of carbonyl (C=O) groups excluding carboxylic acids is 4. The Labute approximate surface area is 286 Å². The first-order valence-corrected chi connectivity index (χ1v) is 16.8. The molecule has 0 bridgehead atoms. The van der Waals surface area contributed by atoms with Crippen molar-refractivity contribution in [2.24, 2.45) is 16.5 Å². The average Bonchev–Trinajstić information content (AvgIpc) is 3.59. The number of carboxylic acid groups (broad SMARTS) is 1. The molecule has 276 valence electrons. The first kappa shape index (κ1) is 39.4. The second kappa shape index (κ2) is 19.8. The van der Waals surface area contributed by atoms with E-state index in [1.807, 2.05) is 11.8 Å². The summed E-state index contributed by atoms with van der Waals surface area (Å²) >= 11 is 1.81. The van der Waals surface area contributed by atoms with E-state index in [1.165, 1.54) is 6.92 Å². The Morgan fingerprint density at radius 2 is 1.82 bits per heavy atom. The number of alkyl carbamates (subject to hydrolysis) is 1. The minimum atomic E-state index is -1.75. The molecule has 0 spiro atoms. The molecule has 0 aromatic carbocycles. The molecule has 3 heterocycles. The second-order valence-corrected chi connectivity index (χ2v) is 12.6. The number of carbonyl (C=O) groups is 5. The molecule has 5 amide bonds. The summed E-state index contributed by atoms with van der Waals surface area (Å²) in [5.41, 5.74) is 10.9. The lowest BCUT2D eigenvalue weighted by Gasteiger charge is -2.39. The van der Waals surface area contributed by atoms with E-state index in [4.69, 9.17) is 30.4 Å². The normalized spacial score (nSPS) is 25.3. The lowest BCUT2D eigenvalue weighted by molar-refractivity contribution is -0.146. The highest BCUT2D eigenvalue weighted by molar-refractivity contribution is 8.00. The van der Waals surface area contributed by atoms with Crippen molar-refractivity contribution in [3.63, 3.8) is 0 Å². The Bertz CT molecular complexity index is 1220. The van der Waals surface area contributed by atoms with Crippen molar-refractivity contribution in [2.75, 3.05) is 51.9 Å². The molecule has 3 rings (SSSR count).